The number of amides is 1. The first-order valence-electron chi connectivity index (χ1n) is 3.74. The van der Waals surface area contributed by atoms with Gasteiger partial charge in [0.1, 0.15) is 11.7 Å². The van der Waals surface area contributed by atoms with E-state index < -0.39 is 18.1 Å². The molecule has 78 valence electrons. The Kier molecular flexibility index (Phi) is 2.50. The van der Waals surface area contributed by atoms with E-state index in [9.17, 15) is 18.0 Å². The van der Waals surface area contributed by atoms with Crippen LogP contribution in [0.2, 0.25) is 0 Å². The fraction of sp³-hybridized carbons (Fsp3) is 0.429. The minimum absolute atomic E-state index is 0.255. The second-order valence-electron chi connectivity index (χ2n) is 2.74. The highest BCUT2D eigenvalue weighted by Crippen LogP contribution is 2.30. The number of nitrogens with two attached hydrogens (primary N) is 1. The maximum atomic E-state index is 12.2. The molecule has 1 amide bonds. The monoisotopic (exact) mass is 207 g/mol. The molecule has 1 rings (SSSR count). The molecule has 1 heterocycles. The normalized spacial score (nSPS) is 14.0. The predicted octanol–water partition coefficient (Wildman–Crippen LogP) is 1.11. The molecule has 4 nitrogen and oxygen atoms in total. The summed E-state index contributed by atoms with van der Waals surface area (Å²) in [6, 6.07) is -0.718. The van der Waals surface area contributed by atoms with E-state index in [4.69, 9.17) is 5.73 Å². The zero-order valence-electron chi connectivity index (χ0n) is 7.25. The van der Waals surface area contributed by atoms with Gasteiger partial charge in [0.25, 0.3) is 5.91 Å². The third kappa shape index (κ3) is 1.86. The van der Waals surface area contributed by atoms with Crippen LogP contribution in [0, 0.1) is 0 Å². The summed E-state index contributed by atoms with van der Waals surface area (Å²) in [4.78, 5) is 10.7. The molecule has 0 aliphatic heterocycles. The highest BCUT2D eigenvalue weighted by Gasteiger charge is 2.39. The average Bonchev–Trinajstić information content (AvgIpc) is 2.48. The molecule has 0 aliphatic rings. The topological polar surface area (TPSA) is 60.9 Å². The van der Waals surface area contributed by atoms with Crippen molar-refractivity contribution in [1.29, 1.82) is 0 Å². The lowest BCUT2D eigenvalue weighted by molar-refractivity contribution is -0.165. The molecular weight excluding hydrogens is 199 g/mol. The van der Waals surface area contributed by atoms with Gasteiger partial charge in [-0.1, -0.05) is 0 Å². The molecule has 14 heavy (non-hydrogen) atoms. The Labute approximate surface area is 77.5 Å². The van der Waals surface area contributed by atoms with E-state index in [1.807, 2.05) is 0 Å². The Balaban J connectivity index is 3.07. The molecule has 2 N–H and O–H groups in total. The van der Waals surface area contributed by atoms with Crippen LogP contribution in [0.25, 0.3) is 0 Å². The van der Waals surface area contributed by atoms with Crippen LogP contribution in [0.5, 0.6) is 0 Å². The molecule has 0 spiro atoms. The van der Waals surface area contributed by atoms with E-state index >= 15 is 0 Å². The van der Waals surface area contributed by atoms with Gasteiger partial charge in [0.05, 0.1) is 0 Å². The van der Waals surface area contributed by atoms with Crippen LogP contribution < -0.4 is 5.73 Å². The van der Waals surface area contributed by atoms with Gasteiger partial charge in [-0.15, -0.1) is 0 Å². The van der Waals surface area contributed by atoms with Gasteiger partial charge in [0, 0.05) is 6.20 Å². The number of carbonyl (C=O) groups is 1. The number of rotatable bonds is 2. The van der Waals surface area contributed by atoms with Crippen molar-refractivity contribution in [1.82, 2.24) is 9.78 Å². The van der Waals surface area contributed by atoms with Crippen molar-refractivity contribution < 1.29 is 18.0 Å². The first kappa shape index (κ1) is 10.6. The second-order valence-corrected chi connectivity index (χ2v) is 2.74. The Morgan fingerprint density at radius 2 is 2.21 bits per heavy atom. The summed E-state index contributed by atoms with van der Waals surface area (Å²) < 4.78 is 37.3. The molecular formula is C7H8F3N3O. The van der Waals surface area contributed by atoms with Crippen LogP contribution in [0.1, 0.15) is 23.5 Å². The van der Waals surface area contributed by atoms with Gasteiger partial charge in [-0.25, -0.2) is 4.68 Å². The molecule has 0 saturated carbocycles. The highest BCUT2D eigenvalue weighted by atomic mass is 19.4. The largest absolute Gasteiger partial charge is 0.410 e. The van der Waals surface area contributed by atoms with Crippen LogP contribution in [-0.2, 0) is 0 Å². The Bertz CT molecular complexity index is 344. The van der Waals surface area contributed by atoms with E-state index in [1.165, 1.54) is 0 Å². The molecule has 0 fully saturated rings. The Morgan fingerprint density at radius 3 is 2.64 bits per heavy atom. The Hall–Kier alpha value is -1.53. The summed E-state index contributed by atoms with van der Waals surface area (Å²) in [5, 5.41) is 3.40. The highest BCUT2D eigenvalue weighted by molar-refractivity contribution is 5.90. The van der Waals surface area contributed by atoms with Gasteiger partial charge in [-0.3, -0.25) is 4.79 Å². The summed E-state index contributed by atoms with van der Waals surface area (Å²) in [5.74, 6) is -0.932. The van der Waals surface area contributed by atoms with Gasteiger partial charge in [0.2, 0.25) is 0 Å². The van der Waals surface area contributed by atoms with Crippen molar-refractivity contribution >= 4 is 5.91 Å². The van der Waals surface area contributed by atoms with Crippen LogP contribution in [-0.4, -0.2) is 21.9 Å². The molecule has 0 aromatic carbocycles. The number of alkyl halides is 3. The smallest absolute Gasteiger partial charge is 0.364 e. The van der Waals surface area contributed by atoms with E-state index in [0.717, 1.165) is 19.2 Å². The molecule has 0 bridgehead atoms. The second kappa shape index (κ2) is 3.32. The van der Waals surface area contributed by atoms with Crippen molar-refractivity contribution in [3.8, 4) is 0 Å². The van der Waals surface area contributed by atoms with Gasteiger partial charge in [-0.05, 0) is 13.0 Å². The van der Waals surface area contributed by atoms with Crippen molar-refractivity contribution in [2.45, 2.75) is 19.1 Å². The zero-order chi connectivity index (χ0) is 10.9. The lowest BCUT2D eigenvalue weighted by Gasteiger charge is -2.17. The van der Waals surface area contributed by atoms with Crippen molar-refractivity contribution in [2.24, 2.45) is 5.73 Å². The first-order valence-corrected chi connectivity index (χ1v) is 3.74. The summed E-state index contributed by atoms with van der Waals surface area (Å²) in [6.45, 7) is 0.902. The van der Waals surface area contributed by atoms with Gasteiger partial charge >= 0.3 is 6.18 Å². The quantitative estimate of drug-likeness (QED) is 0.789. The Morgan fingerprint density at radius 1 is 1.64 bits per heavy atom. The predicted molar refractivity (Wildman–Crippen MR) is 41.5 cm³/mol. The summed E-state index contributed by atoms with van der Waals surface area (Å²) in [6.07, 6.45) is -3.35. The van der Waals surface area contributed by atoms with E-state index in [0.29, 0.717) is 4.68 Å². The van der Waals surface area contributed by atoms with E-state index in [2.05, 4.69) is 5.10 Å². The van der Waals surface area contributed by atoms with Crippen molar-refractivity contribution in [3.05, 3.63) is 18.0 Å². The molecule has 0 aliphatic carbocycles. The number of carbonyl (C=O) groups excluding carboxylic acids is 1. The van der Waals surface area contributed by atoms with E-state index in [-0.39, 0.29) is 5.69 Å². The molecule has 0 radical (unpaired) electrons. The summed E-state index contributed by atoms with van der Waals surface area (Å²) >= 11 is 0. The zero-order valence-corrected chi connectivity index (χ0v) is 7.25. The average molecular weight is 207 g/mol. The molecule has 0 saturated heterocycles. The fourth-order valence-corrected chi connectivity index (χ4v) is 0.957. The number of hydrogen-bond acceptors (Lipinski definition) is 2. The van der Waals surface area contributed by atoms with Gasteiger partial charge in [-0.2, -0.15) is 18.3 Å². The molecule has 0 unspecified atom stereocenters. The number of primary amides is 1. The summed E-state index contributed by atoms with van der Waals surface area (Å²) in [7, 11) is 0. The number of aromatic nitrogens is 2. The van der Waals surface area contributed by atoms with Crippen LogP contribution in [0.3, 0.4) is 0 Å². The van der Waals surface area contributed by atoms with E-state index in [1.54, 1.807) is 0 Å². The minimum Gasteiger partial charge on any atom is -0.364 e. The van der Waals surface area contributed by atoms with Crippen molar-refractivity contribution in [2.75, 3.05) is 0 Å². The SMILES string of the molecule is C[C@@H](n1nccc1C(N)=O)C(F)(F)F. The standard InChI is InChI=1S/C7H8F3N3O/c1-4(7(8,9)10)13-5(6(11)14)2-3-12-13/h2-4H,1H3,(H2,11,14)/t4-/m1/s1. The third-order valence-electron chi connectivity index (χ3n) is 1.76. The first-order chi connectivity index (χ1) is 6.34. The molecule has 1 atom stereocenters. The maximum Gasteiger partial charge on any atom is 0.410 e. The number of hydrogen-bond donors (Lipinski definition) is 1. The van der Waals surface area contributed by atoms with Crippen LogP contribution in [0.4, 0.5) is 13.2 Å². The van der Waals surface area contributed by atoms with Gasteiger partial charge < -0.3 is 5.73 Å². The molecule has 1 aromatic heterocycles. The van der Waals surface area contributed by atoms with Gasteiger partial charge in [0.15, 0.2) is 0 Å². The maximum absolute atomic E-state index is 12.2. The summed E-state index contributed by atoms with van der Waals surface area (Å²) in [5.41, 5.74) is 4.62. The van der Waals surface area contributed by atoms with Crippen LogP contribution >= 0.6 is 0 Å². The molecule has 7 heteroatoms. The fourth-order valence-electron chi connectivity index (χ4n) is 0.957. The minimum atomic E-state index is -4.45. The third-order valence-corrected chi connectivity index (χ3v) is 1.76. The van der Waals surface area contributed by atoms with Crippen molar-refractivity contribution in [3.63, 3.8) is 0 Å². The molecule has 1 aromatic rings. The van der Waals surface area contributed by atoms with Crippen LogP contribution in [0.15, 0.2) is 12.3 Å². The number of nitrogens with zero attached hydrogens (tertiary/aromatic N) is 2. The lowest BCUT2D eigenvalue weighted by Crippen LogP contribution is -2.28. The lowest BCUT2D eigenvalue weighted by atomic mass is 10.3. The number of halogens is 3.